The average molecular weight is 289 g/mol. The Morgan fingerprint density at radius 3 is 2.41 bits per heavy atom. The molecule has 1 saturated heterocycles. The first-order chi connectivity index (χ1) is 8.18. The highest BCUT2D eigenvalue weighted by Crippen LogP contribution is 2.34. The van der Waals surface area contributed by atoms with Gasteiger partial charge in [-0.25, -0.2) is 8.42 Å². The van der Waals surface area contributed by atoms with Gasteiger partial charge in [0.1, 0.15) is 0 Å². The first-order valence-electron chi connectivity index (χ1n) is 5.24. The van der Waals surface area contributed by atoms with Gasteiger partial charge in [0.2, 0.25) is 10.0 Å². The minimum atomic E-state index is -3.34. The van der Waals surface area contributed by atoms with Crippen molar-refractivity contribution in [2.75, 3.05) is 26.3 Å². The Morgan fingerprint density at radius 2 is 1.82 bits per heavy atom. The number of hydrogen-bond acceptors (Lipinski definition) is 5. The molecular formula is C10H11NO3S3. The van der Waals surface area contributed by atoms with Gasteiger partial charge >= 0.3 is 0 Å². The van der Waals surface area contributed by atoms with Crippen molar-refractivity contribution in [3.63, 3.8) is 0 Å². The molecule has 2 aromatic rings. The fourth-order valence-corrected chi connectivity index (χ4v) is 5.12. The molecule has 1 aliphatic heterocycles. The summed E-state index contributed by atoms with van der Waals surface area (Å²) in [6.45, 7) is 1.85. The first kappa shape index (κ1) is 11.6. The smallest absolute Gasteiger partial charge is 0.243 e. The number of hydrogen-bond donors (Lipinski definition) is 0. The van der Waals surface area contributed by atoms with Crippen LogP contribution in [-0.4, -0.2) is 39.0 Å². The van der Waals surface area contributed by atoms with Crippen molar-refractivity contribution >= 4 is 40.1 Å². The molecule has 0 saturated carbocycles. The average Bonchev–Trinajstić information content (AvgIpc) is 2.32. The van der Waals surface area contributed by atoms with Crippen LogP contribution in [-0.2, 0) is 14.8 Å². The van der Waals surface area contributed by atoms with E-state index in [1.165, 1.54) is 4.31 Å². The van der Waals surface area contributed by atoms with Gasteiger partial charge in [-0.15, -0.1) is 0 Å². The third-order valence-corrected chi connectivity index (χ3v) is 7.23. The lowest BCUT2D eigenvalue weighted by Crippen LogP contribution is -2.40. The number of ether oxygens (including phenoxy) is 1. The second-order valence-electron chi connectivity index (χ2n) is 3.79. The summed E-state index contributed by atoms with van der Waals surface area (Å²) in [4.78, 5) is 0.394. The van der Waals surface area contributed by atoms with E-state index in [0.717, 1.165) is 9.40 Å². The Kier molecular flexibility index (Phi) is 2.95. The molecule has 0 unspecified atom stereocenters. The fourth-order valence-electron chi connectivity index (χ4n) is 1.77. The van der Waals surface area contributed by atoms with E-state index >= 15 is 0 Å². The summed E-state index contributed by atoms with van der Waals surface area (Å²) in [5.74, 6) is 0. The molecule has 0 radical (unpaired) electrons. The van der Waals surface area contributed by atoms with E-state index in [9.17, 15) is 8.42 Å². The van der Waals surface area contributed by atoms with Gasteiger partial charge in [-0.2, -0.15) is 4.31 Å². The lowest BCUT2D eigenvalue weighted by atomic mass is 10.4. The Balaban J connectivity index is 1.97. The van der Waals surface area contributed by atoms with Gasteiger partial charge in [0.05, 0.1) is 27.5 Å². The van der Waals surface area contributed by atoms with Crippen LogP contribution in [0.15, 0.2) is 23.1 Å². The Morgan fingerprint density at radius 1 is 1.12 bits per heavy atom. The highest BCUT2D eigenvalue weighted by molar-refractivity contribution is 7.89. The van der Waals surface area contributed by atoms with Crippen molar-refractivity contribution in [1.82, 2.24) is 4.31 Å². The molecular weight excluding hydrogens is 278 g/mol. The highest BCUT2D eigenvalue weighted by atomic mass is 32.9. The second-order valence-corrected chi connectivity index (χ2v) is 7.94. The molecule has 92 valence electrons. The Bertz CT molecular complexity index is 622. The van der Waals surface area contributed by atoms with Gasteiger partial charge in [-0.05, 0) is 18.2 Å². The number of fused-ring (bicyclic) bond motifs is 1. The molecule has 1 aromatic carbocycles. The molecule has 1 aliphatic rings. The maximum Gasteiger partial charge on any atom is 0.243 e. The molecule has 3 rings (SSSR count). The zero-order chi connectivity index (χ0) is 11.9. The molecule has 0 atom stereocenters. The molecule has 0 aliphatic carbocycles. The van der Waals surface area contributed by atoms with Gasteiger partial charge in [0.25, 0.3) is 0 Å². The van der Waals surface area contributed by atoms with Crippen LogP contribution in [0.3, 0.4) is 0 Å². The first-order valence-corrected chi connectivity index (χ1v) is 8.83. The van der Waals surface area contributed by atoms with Crippen molar-refractivity contribution in [2.45, 2.75) is 4.90 Å². The van der Waals surface area contributed by atoms with Crippen LogP contribution in [0.25, 0.3) is 9.40 Å². The van der Waals surface area contributed by atoms with E-state index in [4.69, 9.17) is 4.74 Å². The van der Waals surface area contributed by atoms with Crippen LogP contribution in [0, 0.1) is 0 Å². The third-order valence-electron chi connectivity index (χ3n) is 2.74. The van der Waals surface area contributed by atoms with Gasteiger partial charge in [0.15, 0.2) is 0 Å². The molecule has 7 heteroatoms. The van der Waals surface area contributed by atoms with Crippen molar-refractivity contribution in [2.24, 2.45) is 0 Å². The minimum absolute atomic E-state index is 0.394. The predicted molar refractivity (Wildman–Crippen MR) is 69.3 cm³/mol. The van der Waals surface area contributed by atoms with Gasteiger partial charge < -0.3 is 4.74 Å². The monoisotopic (exact) mass is 289 g/mol. The summed E-state index contributed by atoms with van der Waals surface area (Å²) in [7, 11) is -0.0459. The number of sulfonamides is 1. The largest absolute Gasteiger partial charge is 0.379 e. The lowest BCUT2D eigenvalue weighted by molar-refractivity contribution is 0.0730. The van der Waals surface area contributed by atoms with Crippen LogP contribution in [0.5, 0.6) is 0 Å². The van der Waals surface area contributed by atoms with Crippen molar-refractivity contribution in [3.8, 4) is 0 Å². The summed E-state index contributed by atoms with van der Waals surface area (Å²) >= 11 is 0. The van der Waals surface area contributed by atoms with Gasteiger partial charge in [-0.3, -0.25) is 0 Å². The van der Waals surface area contributed by atoms with E-state index in [1.54, 1.807) is 32.8 Å². The molecule has 0 N–H and O–H groups in total. The lowest BCUT2D eigenvalue weighted by Gasteiger charge is -2.26. The summed E-state index contributed by atoms with van der Waals surface area (Å²) < 4.78 is 33.5. The van der Waals surface area contributed by atoms with E-state index in [2.05, 4.69) is 0 Å². The minimum Gasteiger partial charge on any atom is -0.379 e. The normalized spacial score (nSPS) is 18.8. The van der Waals surface area contributed by atoms with Crippen LogP contribution in [0.4, 0.5) is 0 Å². The SMILES string of the molecule is O=S(=O)(c1ccc2ssc2c1)N1CCOCC1. The molecule has 1 aromatic heterocycles. The van der Waals surface area contributed by atoms with Crippen molar-refractivity contribution in [3.05, 3.63) is 18.2 Å². The van der Waals surface area contributed by atoms with Crippen LogP contribution < -0.4 is 0 Å². The summed E-state index contributed by atoms with van der Waals surface area (Å²) in [5.41, 5.74) is 0. The predicted octanol–water partition coefficient (Wildman–Crippen LogP) is 1.98. The van der Waals surface area contributed by atoms with Crippen molar-refractivity contribution in [1.29, 1.82) is 0 Å². The number of benzene rings is 1. The van der Waals surface area contributed by atoms with Crippen molar-refractivity contribution < 1.29 is 13.2 Å². The molecule has 2 heterocycles. The maximum absolute atomic E-state index is 12.3. The fraction of sp³-hybridized carbons (Fsp3) is 0.400. The van der Waals surface area contributed by atoms with Crippen LogP contribution in [0.1, 0.15) is 0 Å². The number of nitrogens with zero attached hydrogens (tertiary/aromatic N) is 1. The van der Waals surface area contributed by atoms with E-state index < -0.39 is 10.0 Å². The van der Waals surface area contributed by atoms with Crippen LogP contribution in [0.2, 0.25) is 0 Å². The van der Waals surface area contributed by atoms with E-state index in [1.807, 2.05) is 6.07 Å². The topological polar surface area (TPSA) is 46.6 Å². The zero-order valence-corrected chi connectivity index (χ0v) is 11.4. The standard InChI is InChI=1S/C10H11NO3S3/c12-17(13,11-3-5-14-6-4-11)8-1-2-9-10(7-8)16-15-9/h1-2,7H,3-6H2. The molecule has 0 amide bonds. The molecule has 4 nitrogen and oxygen atoms in total. The number of rotatable bonds is 2. The summed E-state index contributed by atoms with van der Waals surface area (Å²) in [6, 6.07) is 5.33. The molecule has 0 bridgehead atoms. The highest BCUT2D eigenvalue weighted by Gasteiger charge is 2.26. The molecule has 1 fully saturated rings. The zero-order valence-electron chi connectivity index (χ0n) is 8.96. The van der Waals surface area contributed by atoms with Gasteiger partial charge in [0, 0.05) is 13.1 Å². The third kappa shape index (κ3) is 2.02. The molecule has 0 spiro atoms. The second kappa shape index (κ2) is 4.33. The summed E-state index contributed by atoms with van der Waals surface area (Å²) in [6.07, 6.45) is 0. The number of morpholine rings is 1. The summed E-state index contributed by atoms with van der Waals surface area (Å²) in [5, 5.41) is 0. The van der Waals surface area contributed by atoms with E-state index in [-0.39, 0.29) is 0 Å². The molecule has 17 heavy (non-hydrogen) atoms. The maximum atomic E-state index is 12.3. The van der Waals surface area contributed by atoms with Crippen LogP contribution >= 0.6 is 20.7 Å². The quantitative estimate of drug-likeness (QED) is 0.794. The Labute approximate surface area is 107 Å². The van der Waals surface area contributed by atoms with Gasteiger partial charge in [-0.1, -0.05) is 20.7 Å². The van der Waals surface area contributed by atoms with E-state index in [0.29, 0.717) is 31.2 Å². The Hall–Kier alpha value is -0.470.